The summed E-state index contributed by atoms with van der Waals surface area (Å²) in [7, 11) is 0. The highest BCUT2D eigenvalue weighted by Gasteiger charge is 2.17. The molecule has 0 aliphatic heterocycles. The molecule has 0 aliphatic carbocycles. The summed E-state index contributed by atoms with van der Waals surface area (Å²) in [4.78, 5) is 4.20. The van der Waals surface area contributed by atoms with E-state index in [0.717, 1.165) is 11.3 Å². The van der Waals surface area contributed by atoms with Gasteiger partial charge in [0, 0.05) is 16.3 Å². The van der Waals surface area contributed by atoms with Crippen LogP contribution in [0.2, 0.25) is 0 Å². The fraction of sp³-hybridized carbons (Fsp3) is 0.308. The predicted molar refractivity (Wildman–Crippen MR) is 81.3 cm³/mol. The minimum absolute atomic E-state index is 0.505. The lowest BCUT2D eigenvalue weighted by molar-refractivity contribution is 0.0174. The van der Waals surface area contributed by atoms with Gasteiger partial charge >= 0.3 is 0 Å². The van der Waals surface area contributed by atoms with Crippen molar-refractivity contribution in [3.05, 3.63) is 35.2 Å². The molecule has 0 saturated heterocycles. The Hall–Kier alpha value is -0.950. The van der Waals surface area contributed by atoms with E-state index in [9.17, 15) is 10.2 Å². The van der Waals surface area contributed by atoms with Crippen LogP contribution in [0.3, 0.4) is 0 Å². The molecule has 1 aromatic heterocycles. The van der Waals surface area contributed by atoms with Gasteiger partial charge in [-0.15, -0.1) is 11.3 Å². The number of anilines is 1. The van der Waals surface area contributed by atoms with Crippen LogP contribution in [0.15, 0.2) is 29.6 Å². The molecule has 1 aromatic carbocycles. The van der Waals surface area contributed by atoms with Gasteiger partial charge in [0.15, 0.2) is 5.13 Å². The molecule has 0 saturated carbocycles. The Labute approximate surface area is 124 Å². The molecule has 4 N–H and O–H groups in total. The first-order valence-electron chi connectivity index (χ1n) is 5.85. The molecule has 2 aromatic rings. The molecule has 0 aliphatic rings. The lowest BCUT2D eigenvalue weighted by Gasteiger charge is -2.17. The summed E-state index contributed by atoms with van der Waals surface area (Å²) in [5, 5.41) is 22.8. The highest BCUT2D eigenvalue weighted by molar-refractivity contribution is 9.09. The molecule has 6 heteroatoms. The van der Waals surface area contributed by atoms with Gasteiger partial charge in [-0.2, -0.15) is 0 Å². The number of rotatable bonds is 5. The highest BCUT2D eigenvalue weighted by Crippen LogP contribution is 2.26. The lowest BCUT2D eigenvalue weighted by Crippen LogP contribution is -2.18. The van der Waals surface area contributed by atoms with Crippen molar-refractivity contribution in [1.29, 1.82) is 0 Å². The second-order valence-electron chi connectivity index (χ2n) is 4.18. The number of nitrogens with two attached hydrogens (primary N) is 1. The van der Waals surface area contributed by atoms with Crippen molar-refractivity contribution in [3.63, 3.8) is 0 Å². The van der Waals surface area contributed by atoms with Gasteiger partial charge in [-0.1, -0.05) is 40.2 Å². The zero-order valence-corrected chi connectivity index (χ0v) is 12.6. The van der Waals surface area contributed by atoms with Crippen molar-refractivity contribution in [2.75, 3.05) is 11.1 Å². The van der Waals surface area contributed by atoms with Gasteiger partial charge in [0.05, 0.1) is 11.8 Å². The van der Waals surface area contributed by atoms with Gasteiger partial charge < -0.3 is 15.9 Å². The van der Waals surface area contributed by atoms with Crippen molar-refractivity contribution >= 4 is 32.4 Å². The van der Waals surface area contributed by atoms with E-state index in [2.05, 4.69) is 20.9 Å². The molecule has 102 valence electrons. The zero-order chi connectivity index (χ0) is 13.8. The van der Waals surface area contributed by atoms with Crippen LogP contribution in [0.25, 0.3) is 11.3 Å². The van der Waals surface area contributed by atoms with Crippen LogP contribution >= 0.6 is 27.3 Å². The molecule has 0 spiro atoms. The summed E-state index contributed by atoms with van der Waals surface area (Å²) in [6.45, 7) is 0. The quantitative estimate of drug-likeness (QED) is 0.729. The van der Waals surface area contributed by atoms with Crippen LogP contribution in [0, 0.1) is 0 Å². The Morgan fingerprint density at radius 1 is 1.26 bits per heavy atom. The number of halogens is 1. The van der Waals surface area contributed by atoms with Crippen molar-refractivity contribution in [2.24, 2.45) is 0 Å². The Balaban J connectivity index is 2.14. The van der Waals surface area contributed by atoms with Crippen molar-refractivity contribution in [2.45, 2.75) is 18.6 Å². The number of aromatic nitrogens is 1. The van der Waals surface area contributed by atoms with Gasteiger partial charge in [0.25, 0.3) is 0 Å². The van der Waals surface area contributed by atoms with Gasteiger partial charge in [-0.25, -0.2) is 4.98 Å². The number of thiazole rings is 1. The molecule has 2 unspecified atom stereocenters. The van der Waals surface area contributed by atoms with Crippen LogP contribution in [0.5, 0.6) is 0 Å². The van der Waals surface area contributed by atoms with E-state index in [0.29, 0.717) is 22.4 Å². The smallest absolute Gasteiger partial charge is 0.180 e. The van der Waals surface area contributed by atoms with Gasteiger partial charge in [-0.05, 0) is 12.0 Å². The molecule has 2 rings (SSSR count). The molecule has 4 nitrogen and oxygen atoms in total. The monoisotopic (exact) mass is 342 g/mol. The fourth-order valence-electron chi connectivity index (χ4n) is 1.76. The zero-order valence-electron chi connectivity index (χ0n) is 10.2. The average Bonchev–Trinajstić information content (AvgIpc) is 2.85. The average molecular weight is 343 g/mol. The van der Waals surface area contributed by atoms with Crippen LogP contribution in [-0.4, -0.2) is 26.6 Å². The molecule has 2 atom stereocenters. The highest BCUT2D eigenvalue weighted by atomic mass is 79.9. The normalized spacial score (nSPS) is 14.3. The summed E-state index contributed by atoms with van der Waals surface area (Å²) in [5.74, 6) is 0. The third kappa shape index (κ3) is 3.54. The molecule has 19 heavy (non-hydrogen) atoms. The number of benzene rings is 1. The first-order chi connectivity index (χ1) is 9.11. The van der Waals surface area contributed by atoms with Crippen LogP contribution in [-0.2, 0) is 0 Å². The number of hydrogen-bond donors (Lipinski definition) is 3. The number of nitrogens with zero attached hydrogens (tertiary/aromatic N) is 1. The van der Waals surface area contributed by atoms with Gasteiger partial charge in [-0.3, -0.25) is 0 Å². The largest absolute Gasteiger partial charge is 0.390 e. The molecular weight excluding hydrogens is 328 g/mol. The fourth-order valence-corrected chi connectivity index (χ4v) is 2.80. The molecular formula is C13H15BrN2O2S. The SMILES string of the molecule is Nc1nc(-c2ccc(C(O)C(O)CCBr)cc2)cs1. The minimum Gasteiger partial charge on any atom is -0.390 e. The molecule has 0 radical (unpaired) electrons. The van der Waals surface area contributed by atoms with Crippen molar-refractivity contribution in [3.8, 4) is 11.3 Å². The third-order valence-electron chi connectivity index (χ3n) is 2.84. The minimum atomic E-state index is -0.868. The Bertz CT molecular complexity index is 530. The van der Waals surface area contributed by atoms with Crippen molar-refractivity contribution < 1.29 is 10.2 Å². The number of alkyl halides is 1. The maximum absolute atomic E-state index is 9.98. The van der Waals surface area contributed by atoms with E-state index in [-0.39, 0.29) is 0 Å². The van der Waals surface area contributed by atoms with Crippen LogP contribution < -0.4 is 5.73 Å². The van der Waals surface area contributed by atoms with E-state index >= 15 is 0 Å². The van der Waals surface area contributed by atoms with E-state index in [4.69, 9.17) is 5.73 Å². The summed E-state index contributed by atoms with van der Waals surface area (Å²) >= 11 is 4.64. The van der Waals surface area contributed by atoms with E-state index in [1.54, 1.807) is 12.1 Å². The second kappa shape index (κ2) is 6.47. The molecule has 1 heterocycles. The first-order valence-corrected chi connectivity index (χ1v) is 7.85. The van der Waals surface area contributed by atoms with Crippen molar-refractivity contribution in [1.82, 2.24) is 4.98 Å². The summed E-state index contributed by atoms with van der Waals surface area (Å²) in [6.07, 6.45) is -1.13. The number of hydrogen-bond acceptors (Lipinski definition) is 5. The standard InChI is InChI=1S/C13H15BrN2O2S/c14-6-5-11(17)12(18)9-3-1-8(2-4-9)10-7-19-13(15)16-10/h1-4,7,11-12,17-18H,5-6H2,(H2,15,16). The second-order valence-corrected chi connectivity index (χ2v) is 5.87. The number of nitrogen functional groups attached to an aromatic ring is 1. The third-order valence-corrected chi connectivity index (χ3v) is 3.97. The summed E-state index contributed by atoms with van der Waals surface area (Å²) in [5.41, 5.74) is 8.06. The van der Waals surface area contributed by atoms with E-state index in [1.807, 2.05) is 17.5 Å². The maximum Gasteiger partial charge on any atom is 0.180 e. The maximum atomic E-state index is 9.98. The Morgan fingerprint density at radius 2 is 1.95 bits per heavy atom. The Kier molecular flexibility index (Phi) is 4.93. The summed E-state index contributed by atoms with van der Waals surface area (Å²) < 4.78 is 0. The van der Waals surface area contributed by atoms with E-state index < -0.39 is 12.2 Å². The first kappa shape index (κ1) is 14.5. The molecule has 0 fully saturated rings. The van der Waals surface area contributed by atoms with Crippen LogP contribution in [0.4, 0.5) is 5.13 Å². The van der Waals surface area contributed by atoms with E-state index in [1.165, 1.54) is 11.3 Å². The molecule has 0 amide bonds. The van der Waals surface area contributed by atoms with Gasteiger partial charge in [0.2, 0.25) is 0 Å². The molecule has 0 bridgehead atoms. The topological polar surface area (TPSA) is 79.4 Å². The Morgan fingerprint density at radius 3 is 2.47 bits per heavy atom. The lowest BCUT2D eigenvalue weighted by atomic mass is 10.0. The summed E-state index contributed by atoms with van der Waals surface area (Å²) in [6, 6.07) is 7.34. The number of aliphatic hydroxyl groups is 2. The van der Waals surface area contributed by atoms with Gasteiger partial charge in [0.1, 0.15) is 6.10 Å². The van der Waals surface area contributed by atoms with Crippen LogP contribution in [0.1, 0.15) is 18.1 Å². The predicted octanol–water partition coefficient (Wildman–Crippen LogP) is 2.57. The number of aliphatic hydroxyl groups excluding tert-OH is 2.